The number of carboxylic acid groups (broad SMARTS) is 1. The van der Waals surface area contributed by atoms with Crippen LogP contribution in [-0.4, -0.2) is 40.7 Å². The first-order valence-electron chi connectivity index (χ1n) is 8.02. The lowest BCUT2D eigenvalue weighted by molar-refractivity contribution is -0.384. The molecule has 0 aliphatic carbocycles. The number of nitro benzene ring substituents is 1. The summed E-state index contributed by atoms with van der Waals surface area (Å²) in [6, 6.07) is 8.95. The fraction of sp³-hybridized carbons (Fsp3) is 0.176. The molecule has 3 rings (SSSR count). The largest absolute Gasteiger partial charge is 0.480 e. The molecule has 0 bridgehead atoms. The molecule has 0 spiro atoms. The highest BCUT2D eigenvalue weighted by molar-refractivity contribution is 7.89. The fourth-order valence-corrected chi connectivity index (χ4v) is 4.35. The van der Waals surface area contributed by atoms with Gasteiger partial charge in [0.15, 0.2) is 0 Å². The maximum atomic E-state index is 12.7. The lowest BCUT2D eigenvalue weighted by Crippen LogP contribution is -2.42. The van der Waals surface area contributed by atoms with E-state index in [1.807, 2.05) is 0 Å². The van der Waals surface area contributed by atoms with E-state index in [1.165, 1.54) is 48.5 Å². The minimum Gasteiger partial charge on any atom is -0.480 e. The van der Waals surface area contributed by atoms with Crippen molar-refractivity contribution in [2.24, 2.45) is 0 Å². The number of rotatable bonds is 6. The molecular weight excluding hydrogens is 392 g/mol. The molecule has 28 heavy (non-hydrogen) atoms. The topological polar surface area (TPSA) is 144 Å². The van der Waals surface area contributed by atoms with E-state index in [2.05, 4.69) is 0 Å². The Labute approximate surface area is 159 Å². The maximum absolute atomic E-state index is 12.7. The van der Waals surface area contributed by atoms with Crippen molar-refractivity contribution < 1.29 is 32.8 Å². The summed E-state index contributed by atoms with van der Waals surface area (Å²) in [6.07, 6.45) is -0.230. The molecule has 1 atom stereocenters. The highest BCUT2D eigenvalue weighted by Crippen LogP contribution is 2.29. The van der Waals surface area contributed by atoms with Gasteiger partial charge in [0, 0.05) is 18.6 Å². The lowest BCUT2D eigenvalue weighted by atomic mass is 10.2. The Balaban J connectivity index is 1.80. The summed E-state index contributed by atoms with van der Waals surface area (Å²) >= 11 is 0. The van der Waals surface area contributed by atoms with E-state index >= 15 is 0 Å². The van der Waals surface area contributed by atoms with Gasteiger partial charge in [-0.1, -0.05) is 0 Å². The van der Waals surface area contributed by atoms with Crippen LogP contribution in [0.15, 0.2) is 53.4 Å². The number of amides is 1. The van der Waals surface area contributed by atoms with Gasteiger partial charge in [0.05, 0.1) is 9.82 Å². The van der Waals surface area contributed by atoms with Gasteiger partial charge in [-0.05, 0) is 42.8 Å². The Morgan fingerprint density at radius 1 is 1.11 bits per heavy atom. The van der Waals surface area contributed by atoms with E-state index in [0.29, 0.717) is 10.1 Å². The standard InChI is InChI=1S/C17H14N2O8S/c20-16-10-9-15(17(21)22)18(16)28(25,26)14-7-5-13(6-8-14)27-12-3-1-11(2-4-12)19(23)24/h1-8,15H,9-10H2,(H,21,22)/t15-/m0/s1. The van der Waals surface area contributed by atoms with Crippen molar-refractivity contribution in [2.75, 3.05) is 0 Å². The van der Waals surface area contributed by atoms with Gasteiger partial charge in [-0.3, -0.25) is 14.9 Å². The quantitative estimate of drug-likeness (QED) is 0.567. The van der Waals surface area contributed by atoms with Crippen LogP contribution in [-0.2, 0) is 19.6 Å². The predicted molar refractivity (Wildman–Crippen MR) is 94.3 cm³/mol. The molecule has 0 aromatic heterocycles. The monoisotopic (exact) mass is 406 g/mol. The minimum absolute atomic E-state index is 0.0747. The first-order valence-corrected chi connectivity index (χ1v) is 9.46. The number of carboxylic acids is 1. The molecule has 1 aliphatic rings. The molecule has 0 saturated carbocycles. The van der Waals surface area contributed by atoms with E-state index in [4.69, 9.17) is 9.84 Å². The van der Waals surface area contributed by atoms with Gasteiger partial charge < -0.3 is 9.84 Å². The predicted octanol–water partition coefficient (Wildman–Crippen LogP) is 2.15. The van der Waals surface area contributed by atoms with Crippen molar-refractivity contribution in [3.05, 3.63) is 58.6 Å². The molecule has 1 aliphatic heterocycles. The number of non-ortho nitro benzene ring substituents is 1. The molecule has 10 nitrogen and oxygen atoms in total. The van der Waals surface area contributed by atoms with Crippen LogP contribution in [0.25, 0.3) is 0 Å². The number of benzene rings is 2. The molecular formula is C17H14N2O8S. The number of carbonyl (C=O) groups is 2. The summed E-state index contributed by atoms with van der Waals surface area (Å²) in [5.74, 6) is -1.58. The van der Waals surface area contributed by atoms with E-state index < -0.39 is 32.9 Å². The van der Waals surface area contributed by atoms with Gasteiger partial charge in [0.2, 0.25) is 5.91 Å². The third-order valence-corrected chi connectivity index (χ3v) is 5.95. The van der Waals surface area contributed by atoms with Gasteiger partial charge >= 0.3 is 5.97 Å². The van der Waals surface area contributed by atoms with Gasteiger partial charge in [-0.2, -0.15) is 0 Å². The average Bonchev–Trinajstić information content (AvgIpc) is 3.05. The SMILES string of the molecule is O=C(O)[C@@H]1CCC(=O)N1S(=O)(=O)c1ccc(Oc2ccc([N+](=O)[O-])cc2)cc1. The Morgan fingerprint density at radius 2 is 1.64 bits per heavy atom. The van der Waals surface area contributed by atoms with Crippen LogP contribution < -0.4 is 4.74 Å². The second-order valence-corrected chi connectivity index (χ2v) is 7.73. The van der Waals surface area contributed by atoms with Crippen molar-refractivity contribution >= 4 is 27.6 Å². The van der Waals surface area contributed by atoms with Crippen LogP contribution in [0.4, 0.5) is 5.69 Å². The Bertz CT molecular complexity index is 1030. The Morgan fingerprint density at radius 3 is 2.14 bits per heavy atom. The van der Waals surface area contributed by atoms with E-state index in [0.717, 1.165) is 0 Å². The molecule has 2 aromatic rings. The van der Waals surface area contributed by atoms with Gasteiger partial charge in [-0.15, -0.1) is 0 Å². The molecule has 1 saturated heterocycles. The van der Waals surface area contributed by atoms with Crippen molar-refractivity contribution in [3.63, 3.8) is 0 Å². The number of hydrogen-bond donors (Lipinski definition) is 1. The van der Waals surface area contributed by atoms with Crippen LogP contribution in [0.2, 0.25) is 0 Å². The summed E-state index contributed by atoms with van der Waals surface area (Å²) in [7, 11) is -4.31. The maximum Gasteiger partial charge on any atom is 0.327 e. The zero-order valence-electron chi connectivity index (χ0n) is 14.2. The van der Waals surface area contributed by atoms with Crippen molar-refractivity contribution in [3.8, 4) is 11.5 Å². The first-order chi connectivity index (χ1) is 13.2. The summed E-state index contributed by atoms with van der Waals surface area (Å²) in [6.45, 7) is 0. The third-order valence-electron chi connectivity index (χ3n) is 4.11. The second kappa shape index (κ2) is 7.27. The first kappa shape index (κ1) is 19.3. The van der Waals surface area contributed by atoms with Crippen LogP contribution in [0, 0.1) is 10.1 Å². The highest BCUT2D eigenvalue weighted by Gasteiger charge is 2.44. The summed E-state index contributed by atoms with van der Waals surface area (Å²) < 4.78 is 31.2. The van der Waals surface area contributed by atoms with Gasteiger partial charge in [0.25, 0.3) is 15.7 Å². The number of ether oxygens (including phenoxy) is 1. The number of nitro groups is 1. The van der Waals surface area contributed by atoms with Crippen LogP contribution in [0.5, 0.6) is 11.5 Å². The zero-order chi connectivity index (χ0) is 20.5. The Hall–Kier alpha value is -3.47. The fourth-order valence-electron chi connectivity index (χ4n) is 2.75. The minimum atomic E-state index is -4.31. The lowest BCUT2D eigenvalue weighted by Gasteiger charge is -2.21. The van der Waals surface area contributed by atoms with Crippen LogP contribution >= 0.6 is 0 Å². The van der Waals surface area contributed by atoms with Crippen molar-refractivity contribution in [1.29, 1.82) is 0 Å². The molecule has 0 unspecified atom stereocenters. The number of nitrogens with zero attached hydrogens (tertiary/aromatic N) is 2. The average molecular weight is 406 g/mol. The zero-order valence-corrected chi connectivity index (χ0v) is 15.0. The molecule has 1 heterocycles. The smallest absolute Gasteiger partial charge is 0.327 e. The van der Waals surface area contributed by atoms with Gasteiger partial charge in [-0.25, -0.2) is 17.5 Å². The molecule has 1 fully saturated rings. The number of sulfonamides is 1. The summed E-state index contributed by atoms with van der Waals surface area (Å²) in [5, 5.41) is 19.8. The highest BCUT2D eigenvalue weighted by atomic mass is 32.2. The van der Waals surface area contributed by atoms with Crippen molar-refractivity contribution in [1.82, 2.24) is 4.31 Å². The second-order valence-electron chi connectivity index (χ2n) is 5.91. The van der Waals surface area contributed by atoms with E-state index in [1.54, 1.807) is 0 Å². The van der Waals surface area contributed by atoms with Crippen LogP contribution in [0.1, 0.15) is 12.8 Å². The van der Waals surface area contributed by atoms with E-state index in [9.17, 15) is 28.1 Å². The number of aliphatic carboxylic acids is 1. The molecule has 11 heteroatoms. The van der Waals surface area contributed by atoms with Crippen LogP contribution in [0.3, 0.4) is 0 Å². The van der Waals surface area contributed by atoms with Gasteiger partial charge in [0.1, 0.15) is 17.5 Å². The number of carbonyl (C=O) groups excluding carboxylic acids is 1. The summed E-state index contributed by atoms with van der Waals surface area (Å²) in [5.41, 5.74) is -0.0999. The summed E-state index contributed by atoms with van der Waals surface area (Å²) in [4.78, 5) is 33.0. The molecule has 0 radical (unpaired) electrons. The van der Waals surface area contributed by atoms with Crippen molar-refractivity contribution in [2.45, 2.75) is 23.8 Å². The number of hydrogen-bond acceptors (Lipinski definition) is 7. The Kier molecular flexibility index (Phi) is 5.01. The van der Waals surface area contributed by atoms with E-state index in [-0.39, 0.29) is 29.2 Å². The third kappa shape index (κ3) is 3.64. The molecule has 146 valence electrons. The normalized spacial score (nSPS) is 16.8. The molecule has 1 amide bonds. The molecule has 2 aromatic carbocycles. The molecule has 1 N–H and O–H groups in total.